The average molecular weight is 274 g/mol. The van der Waals surface area contributed by atoms with Gasteiger partial charge in [-0.15, -0.1) is 0 Å². The van der Waals surface area contributed by atoms with Crippen LogP contribution in [0.25, 0.3) is 0 Å². The molecule has 1 aliphatic carbocycles. The Bertz CT molecular complexity index is 556. The molecule has 1 unspecified atom stereocenters. The number of aryl methyl sites for hydroxylation is 1. The van der Waals surface area contributed by atoms with Crippen molar-refractivity contribution >= 4 is 0 Å². The molecular weight excluding hydrogens is 252 g/mol. The lowest BCUT2D eigenvalue weighted by Crippen LogP contribution is -2.22. The van der Waals surface area contributed by atoms with Gasteiger partial charge in [0, 0.05) is 24.9 Å². The molecule has 5 heteroatoms. The van der Waals surface area contributed by atoms with E-state index >= 15 is 0 Å². The minimum Gasteiger partial charge on any atom is -0.345 e. The maximum Gasteiger partial charge on any atom is 0.246 e. The first-order valence-electron chi connectivity index (χ1n) is 7.50. The molecule has 5 nitrogen and oxygen atoms in total. The van der Waals surface area contributed by atoms with Gasteiger partial charge in [0.1, 0.15) is 6.54 Å². The van der Waals surface area contributed by atoms with Gasteiger partial charge in [0.25, 0.3) is 0 Å². The molecule has 20 heavy (non-hydrogen) atoms. The molecule has 1 fully saturated rings. The van der Waals surface area contributed by atoms with Crippen LogP contribution in [0.2, 0.25) is 0 Å². The Labute approximate surface area is 119 Å². The van der Waals surface area contributed by atoms with Crippen LogP contribution in [0.15, 0.2) is 23.0 Å². The third kappa shape index (κ3) is 2.93. The van der Waals surface area contributed by atoms with E-state index in [9.17, 15) is 0 Å². The fraction of sp³-hybridized carbons (Fsp3) is 0.600. The first-order chi connectivity index (χ1) is 9.80. The molecule has 0 saturated heterocycles. The van der Waals surface area contributed by atoms with Crippen LogP contribution in [0.5, 0.6) is 0 Å². The molecular formula is C15H22N4O. The molecule has 0 amide bonds. The highest BCUT2D eigenvalue weighted by Gasteiger charge is 2.32. The highest BCUT2D eigenvalue weighted by molar-refractivity contribution is 5.18. The van der Waals surface area contributed by atoms with E-state index in [1.54, 1.807) is 0 Å². The highest BCUT2D eigenvalue weighted by Crippen LogP contribution is 2.41. The molecule has 108 valence electrons. The average Bonchev–Trinajstić information content (AvgIpc) is 3.02. The number of aromatic nitrogens is 3. The zero-order valence-corrected chi connectivity index (χ0v) is 12.2. The highest BCUT2D eigenvalue weighted by atomic mass is 16.5. The van der Waals surface area contributed by atoms with E-state index in [4.69, 9.17) is 4.52 Å². The predicted octanol–water partition coefficient (Wildman–Crippen LogP) is 2.54. The quantitative estimate of drug-likeness (QED) is 0.843. The van der Waals surface area contributed by atoms with Gasteiger partial charge in [-0.1, -0.05) is 19.0 Å². The van der Waals surface area contributed by atoms with Crippen molar-refractivity contribution in [2.24, 2.45) is 5.92 Å². The number of rotatable bonds is 7. The van der Waals surface area contributed by atoms with Gasteiger partial charge in [-0.2, -0.15) is 4.98 Å². The van der Waals surface area contributed by atoms with Gasteiger partial charge >= 0.3 is 0 Å². The Morgan fingerprint density at radius 2 is 2.30 bits per heavy atom. The molecule has 2 aromatic rings. The summed E-state index contributed by atoms with van der Waals surface area (Å²) in [5.41, 5.74) is 1.37. The van der Waals surface area contributed by atoms with Gasteiger partial charge < -0.3 is 14.4 Å². The van der Waals surface area contributed by atoms with Crippen molar-refractivity contribution in [1.29, 1.82) is 0 Å². The number of hydrogen-bond donors (Lipinski definition) is 1. The van der Waals surface area contributed by atoms with E-state index in [0.29, 0.717) is 18.5 Å². The summed E-state index contributed by atoms with van der Waals surface area (Å²) >= 11 is 0. The summed E-state index contributed by atoms with van der Waals surface area (Å²) < 4.78 is 7.36. The second kappa shape index (κ2) is 5.79. The van der Waals surface area contributed by atoms with Crippen molar-refractivity contribution in [2.45, 2.75) is 45.7 Å². The molecule has 3 rings (SSSR count). The predicted molar refractivity (Wildman–Crippen MR) is 76.4 cm³/mol. The molecule has 2 aromatic heterocycles. The zero-order valence-electron chi connectivity index (χ0n) is 12.2. The molecule has 1 N–H and O–H groups in total. The molecule has 0 aromatic carbocycles. The van der Waals surface area contributed by atoms with E-state index in [1.807, 2.05) is 6.92 Å². The summed E-state index contributed by atoms with van der Waals surface area (Å²) in [6, 6.07) is 2.69. The van der Waals surface area contributed by atoms with Crippen molar-refractivity contribution in [3.05, 3.63) is 35.7 Å². The lowest BCUT2D eigenvalue weighted by atomic mass is 10.1. The van der Waals surface area contributed by atoms with Gasteiger partial charge in [0.2, 0.25) is 5.89 Å². The monoisotopic (exact) mass is 274 g/mol. The van der Waals surface area contributed by atoms with E-state index in [-0.39, 0.29) is 0 Å². The summed E-state index contributed by atoms with van der Waals surface area (Å²) in [4.78, 5) is 4.35. The SMILES string of the molecule is CCNC(c1ccn(Cc2nc(CC)no2)c1)C1CC1. The van der Waals surface area contributed by atoms with Gasteiger partial charge in [-0.25, -0.2) is 0 Å². The van der Waals surface area contributed by atoms with Crippen LogP contribution < -0.4 is 5.32 Å². The minimum absolute atomic E-state index is 0.495. The van der Waals surface area contributed by atoms with Crippen molar-refractivity contribution in [2.75, 3.05) is 6.54 Å². The largest absolute Gasteiger partial charge is 0.345 e. The Balaban J connectivity index is 1.69. The van der Waals surface area contributed by atoms with Crippen LogP contribution in [0.4, 0.5) is 0 Å². The second-order valence-corrected chi connectivity index (χ2v) is 5.45. The summed E-state index contributed by atoms with van der Waals surface area (Å²) in [5, 5.41) is 7.52. The summed E-state index contributed by atoms with van der Waals surface area (Å²) in [6.45, 7) is 5.85. The van der Waals surface area contributed by atoms with Crippen LogP contribution >= 0.6 is 0 Å². The molecule has 1 aliphatic rings. The smallest absolute Gasteiger partial charge is 0.246 e. The number of nitrogens with zero attached hydrogens (tertiary/aromatic N) is 3. The second-order valence-electron chi connectivity index (χ2n) is 5.45. The summed E-state index contributed by atoms with van der Waals surface area (Å²) in [7, 11) is 0. The van der Waals surface area contributed by atoms with E-state index in [0.717, 1.165) is 24.7 Å². The van der Waals surface area contributed by atoms with Crippen LogP contribution in [-0.2, 0) is 13.0 Å². The van der Waals surface area contributed by atoms with Crippen molar-refractivity contribution in [3.63, 3.8) is 0 Å². The first-order valence-corrected chi connectivity index (χ1v) is 7.50. The van der Waals surface area contributed by atoms with Gasteiger partial charge in [0.15, 0.2) is 5.82 Å². The lowest BCUT2D eigenvalue weighted by Gasteiger charge is -2.15. The molecule has 0 aliphatic heterocycles. The third-order valence-electron chi connectivity index (χ3n) is 3.79. The van der Waals surface area contributed by atoms with Crippen molar-refractivity contribution < 1.29 is 4.52 Å². The zero-order chi connectivity index (χ0) is 13.9. The lowest BCUT2D eigenvalue weighted by molar-refractivity contribution is 0.366. The summed E-state index contributed by atoms with van der Waals surface area (Å²) in [6.07, 6.45) is 7.78. The Morgan fingerprint density at radius 1 is 1.45 bits per heavy atom. The molecule has 2 heterocycles. The molecule has 1 atom stereocenters. The van der Waals surface area contributed by atoms with Crippen molar-refractivity contribution in [3.8, 4) is 0 Å². The fourth-order valence-electron chi connectivity index (χ4n) is 2.60. The molecule has 0 spiro atoms. The first kappa shape index (κ1) is 13.4. The van der Waals surface area contributed by atoms with E-state index in [2.05, 4.69) is 45.4 Å². The van der Waals surface area contributed by atoms with Gasteiger partial charge in [-0.3, -0.25) is 0 Å². The van der Waals surface area contributed by atoms with Crippen LogP contribution in [-0.4, -0.2) is 21.3 Å². The van der Waals surface area contributed by atoms with E-state index in [1.165, 1.54) is 18.4 Å². The Hall–Kier alpha value is -1.62. The maximum atomic E-state index is 5.24. The normalized spacial score (nSPS) is 16.5. The van der Waals surface area contributed by atoms with Crippen molar-refractivity contribution in [1.82, 2.24) is 20.0 Å². The summed E-state index contributed by atoms with van der Waals surface area (Å²) in [5.74, 6) is 2.26. The van der Waals surface area contributed by atoms with Crippen LogP contribution in [0.1, 0.15) is 50.0 Å². The van der Waals surface area contributed by atoms with Gasteiger partial charge in [0.05, 0.1) is 0 Å². The Morgan fingerprint density at radius 3 is 2.95 bits per heavy atom. The Kier molecular flexibility index (Phi) is 3.87. The minimum atomic E-state index is 0.495. The number of hydrogen-bond acceptors (Lipinski definition) is 4. The standard InChI is InChI=1S/C15H22N4O/c1-3-13-17-14(20-18-13)10-19-8-7-12(9-19)15(16-4-2)11-5-6-11/h7-9,11,15-16H,3-6,10H2,1-2H3. The van der Waals surface area contributed by atoms with Crippen LogP contribution in [0.3, 0.4) is 0 Å². The van der Waals surface area contributed by atoms with Crippen LogP contribution in [0, 0.1) is 5.92 Å². The van der Waals surface area contributed by atoms with Gasteiger partial charge in [-0.05, 0) is 36.9 Å². The topological polar surface area (TPSA) is 55.9 Å². The molecule has 0 bridgehead atoms. The van der Waals surface area contributed by atoms with E-state index < -0.39 is 0 Å². The molecule has 0 radical (unpaired) electrons. The fourth-order valence-corrected chi connectivity index (χ4v) is 2.60. The third-order valence-corrected chi connectivity index (χ3v) is 3.79. The number of nitrogens with one attached hydrogen (secondary N) is 1. The maximum absolute atomic E-state index is 5.24. The molecule has 1 saturated carbocycles.